The van der Waals surface area contributed by atoms with Gasteiger partial charge in [-0.1, -0.05) is 270 Å². The number of hydrogen-bond donors (Lipinski definition) is 3. The van der Waals surface area contributed by atoms with Crippen LogP contribution in [0, 0.1) is 0 Å². The number of allylic oxidation sites excluding steroid dienone is 1. The van der Waals surface area contributed by atoms with Crippen molar-refractivity contribution in [3.8, 4) is 0 Å². The number of aliphatic hydroxyl groups excluding tert-OH is 2. The number of aliphatic hydroxyl groups is 2. The molecule has 0 saturated carbocycles. The summed E-state index contributed by atoms with van der Waals surface area (Å²) in [4.78, 5) is 12.2. The molecule has 3 N–H and O–H groups in total. The highest BCUT2D eigenvalue weighted by atomic mass is 16.3. The molecule has 53 heavy (non-hydrogen) atoms. The van der Waals surface area contributed by atoms with Gasteiger partial charge in [-0.2, -0.15) is 0 Å². The summed E-state index contributed by atoms with van der Waals surface area (Å²) in [6, 6.07) is -0.613. The molecule has 0 fully saturated rings. The minimum atomic E-state index is -0.830. The smallest absolute Gasteiger partial charge is 0.220 e. The molecule has 0 aromatic rings. The first-order valence-corrected chi connectivity index (χ1v) is 24.4. The second-order valence-corrected chi connectivity index (χ2v) is 16.9. The Bertz CT molecular complexity index is 725. The van der Waals surface area contributed by atoms with Crippen LogP contribution >= 0.6 is 0 Å². The molecule has 0 spiro atoms. The molecular formula is C49H97NO3. The van der Waals surface area contributed by atoms with Crippen molar-refractivity contribution in [2.75, 3.05) is 6.61 Å². The van der Waals surface area contributed by atoms with E-state index in [1.807, 2.05) is 6.08 Å². The molecule has 4 heteroatoms. The second-order valence-electron chi connectivity index (χ2n) is 16.9. The van der Waals surface area contributed by atoms with Gasteiger partial charge in [-0.25, -0.2) is 0 Å². The summed E-state index contributed by atoms with van der Waals surface area (Å²) >= 11 is 0. The van der Waals surface area contributed by atoms with Gasteiger partial charge in [-0.15, -0.1) is 0 Å². The maximum absolute atomic E-state index is 12.2. The molecule has 0 saturated heterocycles. The average Bonchev–Trinajstić information content (AvgIpc) is 3.16. The van der Waals surface area contributed by atoms with Gasteiger partial charge in [0, 0.05) is 6.42 Å². The summed E-state index contributed by atoms with van der Waals surface area (Å²) in [7, 11) is 0. The summed E-state index contributed by atoms with van der Waals surface area (Å²) < 4.78 is 0. The maximum atomic E-state index is 12.2. The van der Waals surface area contributed by atoms with Crippen molar-refractivity contribution in [2.24, 2.45) is 0 Å². The van der Waals surface area contributed by atoms with Crippen LogP contribution in [0.1, 0.15) is 277 Å². The van der Waals surface area contributed by atoms with Crippen molar-refractivity contribution >= 4 is 5.91 Å². The summed E-state index contributed by atoms with van der Waals surface area (Å²) in [6.45, 7) is 4.14. The standard InChI is InChI=1S/C49H97NO3/c1-3-5-7-8-9-10-11-12-13-14-15-16-17-18-19-20-21-22-23-24-25-26-27-28-29-30-31-32-33-34-35-36-37-38-39-40-41-43-45-49(53)50-47(46-51)48(52)44-42-6-4-2/h42,44,47-48,51-52H,3-41,43,45-46H2,1-2H3,(H,50,53)/b44-42+. The van der Waals surface area contributed by atoms with E-state index >= 15 is 0 Å². The quantitative estimate of drug-likeness (QED) is 0.0429. The molecule has 2 unspecified atom stereocenters. The molecular weight excluding hydrogens is 651 g/mol. The first-order valence-electron chi connectivity index (χ1n) is 24.4. The van der Waals surface area contributed by atoms with E-state index in [1.165, 1.54) is 231 Å². The lowest BCUT2D eigenvalue weighted by molar-refractivity contribution is -0.123. The molecule has 0 heterocycles. The van der Waals surface area contributed by atoms with E-state index < -0.39 is 12.1 Å². The van der Waals surface area contributed by atoms with E-state index in [2.05, 4.69) is 19.2 Å². The molecule has 1 amide bonds. The first kappa shape index (κ1) is 52.1. The van der Waals surface area contributed by atoms with Gasteiger partial charge >= 0.3 is 0 Å². The molecule has 316 valence electrons. The van der Waals surface area contributed by atoms with Crippen LogP contribution in [0.3, 0.4) is 0 Å². The van der Waals surface area contributed by atoms with Gasteiger partial charge in [-0.05, 0) is 12.8 Å². The predicted molar refractivity (Wildman–Crippen MR) is 235 cm³/mol. The van der Waals surface area contributed by atoms with Gasteiger partial charge in [0.05, 0.1) is 18.8 Å². The molecule has 0 aromatic carbocycles. The fourth-order valence-electron chi connectivity index (χ4n) is 7.78. The van der Waals surface area contributed by atoms with E-state index in [1.54, 1.807) is 6.08 Å². The molecule has 2 atom stereocenters. The Kier molecular flexibility index (Phi) is 44.8. The Morgan fingerprint density at radius 1 is 0.434 bits per heavy atom. The van der Waals surface area contributed by atoms with Crippen LogP contribution in [0.4, 0.5) is 0 Å². The SMILES string of the molecule is CCC/C=C/C(O)C(CO)NC(=O)CCCCCCCCCCCCCCCCCCCCCCCCCCCCCCCCCCCCCCCC. The molecule has 4 nitrogen and oxygen atoms in total. The van der Waals surface area contributed by atoms with E-state index in [4.69, 9.17) is 0 Å². The number of nitrogens with one attached hydrogen (secondary N) is 1. The second kappa shape index (κ2) is 45.5. The summed E-state index contributed by atoms with van der Waals surface area (Å²) in [5, 5.41) is 22.4. The monoisotopic (exact) mass is 748 g/mol. The third-order valence-corrected chi connectivity index (χ3v) is 11.5. The Morgan fingerprint density at radius 2 is 0.698 bits per heavy atom. The van der Waals surface area contributed by atoms with E-state index in [9.17, 15) is 15.0 Å². The third-order valence-electron chi connectivity index (χ3n) is 11.5. The van der Waals surface area contributed by atoms with Crippen LogP contribution in [0.15, 0.2) is 12.2 Å². The van der Waals surface area contributed by atoms with Crippen LogP contribution in [0.25, 0.3) is 0 Å². The Morgan fingerprint density at radius 3 is 0.943 bits per heavy atom. The van der Waals surface area contributed by atoms with Crippen LogP contribution in [0.5, 0.6) is 0 Å². The third kappa shape index (κ3) is 42.1. The molecule has 0 aliphatic rings. The largest absolute Gasteiger partial charge is 0.394 e. The average molecular weight is 748 g/mol. The number of amides is 1. The minimum absolute atomic E-state index is 0.0709. The Labute approximate surface area is 333 Å². The van der Waals surface area contributed by atoms with Crippen molar-refractivity contribution in [1.29, 1.82) is 0 Å². The number of carbonyl (C=O) groups is 1. The molecule has 0 aromatic heterocycles. The van der Waals surface area contributed by atoms with Crippen LogP contribution in [-0.4, -0.2) is 34.9 Å². The molecule has 0 bridgehead atoms. The van der Waals surface area contributed by atoms with Gasteiger partial charge < -0.3 is 15.5 Å². The van der Waals surface area contributed by atoms with Gasteiger partial charge in [0.25, 0.3) is 0 Å². The van der Waals surface area contributed by atoms with Crippen molar-refractivity contribution in [3.63, 3.8) is 0 Å². The zero-order chi connectivity index (χ0) is 38.6. The van der Waals surface area contributed by atoms with Gasteiger partial charge in [0.1, 0.15) is 0 Å². The number of carbonyl (C=O) groups excluding carboxylic acids is 1. The van der Waals surface area contributed by atoms with Crippen LogP contribution in [-0.2, 0) is 4.79 Å². The molecule has 0 radical (unpaired) electrons. The van der Waals surface area contributed by atoms with Crippen molar-refractivity contribution in [2.45, 2.75) is 289 Å². The maximum Gasteiger partial charge on any atom is 0.220 e. The predicted octanol–water partition coefficient (Wildman–Crippen LogP) is 15.4. The fraction of sp³-hybridized carbons (Fsp3) is 0.939. The zero-order valence-corrected chi connectivity index (χ0v) is 36.3. The highest BCUT2D eigenvalue weighted by Gasteiger charge is 2.17. The number of hydrogen-bond acceptors (Lipinski definition) is 3. The Balaban J connectivity index is 3.21. The van der Waals surface area contributed by atoms with Crippen LogP contribution in [0.2, 0.25) is 0 Å². The zero-order valence-electron chi connectivity index (χ0n) is 36.3. The molecule has 0 aliphatic carbocycles. The minimum Gasteiger partial charge on any atom is -0.394 e. The normalized spacial score (nSPS) is 12.9. The van der Waals surface area contributed by atoms with Crippen molar-refractivity contribution in [3.05, 3.63) is 12.2 Å². The molecule has 0 rings (SSSR count). The molecule has 0 aliphatic heterocycles. The summed E-state index contributed by atoms with van der Waals surface area (Å²) in [5.41, 5.74) is 0. The van der Waals surface area contributed by atoms with E-state index in [-0.39, 0.29) is 12.5 Å². The van der Waals surface area contributed by atoms with Gasteiger partial charge in [0.2, 0.25) is 5.91 Å². The number of rotatable bonds is 45. The highest BCUT2D eigenvalue weighted by Crippen LogP contribution is 2.18. The highest BCUT2D eigenvalue weighted by molar-refractivity contribution is 5.76. The summed E-state index contributed by atoms with van der Waals surface area (Å²) in [6.07, 6.45) is 58.8. The van der Waals surface area contributed by atoms with E-state index in [0.717, 1.165) is 25.7 Å². The summed E-state index contributed by atoms with van der Waals surface area (Å²) in [5.74, 6) is -0.0709. The topological polar surface area (TPSA) is 69.6 Å². The lowest BCUT2D eigenvalue weighted by Crippen LogP contribution is -2.45. The fourth-order valence-corrected chi connectivity index (χ4v) is 7.78. The van der Waals surface area contributed by atoms with Crippen molar-refractivity contribution in [1.82, 2.24) is 5.32 Å². The lowest BCUT2D eigenvalue weighted by atomic mass is 10.0. The van der Waals surface area contributed by atoms with E-state index in [0.29, 0.717) is 6.42 Å². The number of unbranched alkanes of at least 4 members (excludes halogenated alkanes) is 38. The van der Waals surface area contributed by atoms with Crippen molar-refractivity contribution < 1.29 is 15.0 Å². The van der Waals surface area contributed by atoms with Crippen LogP contribution < -0.4 is 5.32 Å². The van der Waals surface area contributed by atoms with Gasteiger partial charge in [0.15, 0.2) is 0 Å². The van der Waals surface area contributed by atoms with Gasteiger partial charge in [-0.3, -0.25) is 4.79 Å². The lowest BCUT2D eigenvalue weighted by Gasteiger charge is -2.19. The Hall–Kier alpha value is -0.870. The first-order chi connectivity index (χ1) is 26.2.